The fraction of sp³-hybridized carbons (Fsp3) is 0.500. The number of carbonyl (C=O) groups is 1. The normalized spacial score (nSPS) is 13.0. The van der Waals surface area contributed by atoms with Crippen LogP contribution in [0, 0.1) is 18.2 Å². The fourth-order valence-corrected chi connectivity index (χ4v) is 3.46. The smallest absolute Gasteiger partial charge is 0.234 e. The van der Waals surface area contributed by atoms with Gasteiger partial charge in [0, 0.05) is 11.9 Å². The van der Waals surface area contributed by atoms with E-state index >= 15 is 0 Å². The summed E-state index contributed by atoms with van der Waals surface area (Å²) in [5.41, 5.74) is 1.94. The number of amides is 1. The highest BCUT2D eigenvalue weighted by Gasteiger charge is 2.22. The molecule has 1 unspecified atom stereocenters. The van der Waals surface area contributed by atoms with E-state index in [2.05, 4.69) is 31.1 Å². The minimum Gasteiger partial charge on any atom is -0.348 e. The maximum Gasteiger partial charge on any atom is 0.234 e. The van der Waals surface area contributed by atoms with Gasteiger partial charge in [0.2, 0.25) is 5.91 Å². The molecule has 2 aromatic rings. The number of likely N-dealkylation sites (N-methyl/N-ethyl adjacent to an activating group) is 1. The Morgan fingerprint density at radius 2 is 1.96 bits per heavy atom. The predicted molar refractivity (Wildman–Crippen MR) is 105 cm³/mol. The van der Waals surface area contributed by atoms with Gasteiger partial charge in [0.25, 0.3) is 0 Å². The molecule has 6 heteroatoms. The van der Waals surface area contributed by atoms with Crippen LogP contribution in [0.2, 0.25) is 0 Å². The molecule has 1 atom stereocenters. The summed E-state index contributed by atoms with van der Waals surface area (Å²) in [5, 5.41) is 6.16. The molecular formula is C20H28FN3OS. The Bertz CT molecular complexity index is 721. The van der Waals surface area contributed by atoms with Crippen LogP contribution in [0.4, 0.5) is 4.39 Å². The number of carbonyl (C=O) groups excluding carboxylic acids is 1. The first kappa shape index (κ1) is 20.5. The molecule has 0 fully saturated rings. The van der Waals surface area contributed by atoms with Gasteiger partial charge < -0.3 is 5.32 Å². The third kappa shape index (κ3) is 6.84. The molecule has 0 saturated carbocycles. The van der Waals surface area contributed by atoms with Crippen LogP contribution in [-0.2, 0) is 11.3 Å². The van der Waals surface area contributed by atoms with Crippen LogP contribution in [0.15, 0.2) is 29.6 Å². The van der Waals surface area contributed by atoms with Crippen LogP contribution in [0.25, 0.3) is 0 Å². The summed E-state index contributed by atoms with van der Waals surface area (Å²) in [6, 6.07) is 6.22. The van der Waals surface area contributed by atoms with E-state index in [1.165, 1.54) is 12.1 Å². The molecule has 2 rings (SSSR count). The molecule has 26 heavy (non-hydrogen) atoms. The van der Waals surface area contributed by atoms with Gasteiger partial charge >= 0.3 is 0 Å². The van der Waals surface area contributed by atoms with Crippen molar-refractivity contribution < 1.29 is 9.18 Å². The number of hydrogen-bond donors (Lipinski definition) is 1. The van der Waals surface area contributed by atoms with E-state index in [4.69, 9.17) is 0 Å². The predicted octanol–water partition coefficient (Wildman–Crippen LogP) is 4.32. The summed E-state index contributed by atoms with van der Waals surface area (Å²) < 4.78 is 13.2. The van der Waals surface area contributed by atoms with Crippen molar-refractivity contribution >= 4 is 17.2 Å². The molecule has 0 aliphatic rings. The Labute approximate surface area is 159 Å². The first-order valence-electron chi connectivity index (χ1n) is 8.77. The number of thiazole rings is 1. The van der Waals surface area contributed by atoms with Crippen molar-refractivity contribution in [3.63, 3.8) is 0 Å². The molecule has 1 aromatic heterocycles. The summed E-state index contributed by atoms with van der Waals surface area (Å²) in [4.78, 5) is 18.9. The number of aryl methyl sites for hydroxylation is 1. The highest BCUT2D eigenvalue weighted by molar-refractivity contribution is 7.09. The number of halogens is 1. The molecule has 4 nitrogen and oxygen atoms in total. The van der Waals surface area contributed by atoms with Crippen molar-refractivity contribution in [2.24, 2.45) is 5.41 Å². The lowest BCUT2D eigenvalue weighted by molar-refractivity contribution is -0.123. The zero-order chi connectivity index (χ0) is 19.3. The number of nitrogens with one attached hydrogen (secondary N) is 1. The summed E-state index contributed by atoms with van der Waals surface area (Å²) in [6.45, 7) is 9.29. The van der Waals surface area contributed by atoms with Crippen molar-refractivity contribution in [3.05, 3.63) is 51.7 Å². The molecular weight excluding hydrogens is 349 g/mol. The Kier molecular flexibility index (Phi) is 6.89. The monoisotopic (exact) mass is 377 g/mol. The van der Waals surface area contributed by atoms with Gasteiger partial charge in [-0.1, -0.05) is 32.9 Å². The highest BCUT2D eigenvalue weighted by Crippen LogP contribution is 2.29. The van der Waals surface area contributed by atoms with Crippen LogP contribution in [0.1, 0.15) is 49.5 Å². The number of aromatic nitrogens is 1. The molecule has 0 saturated heterocycles. The van der Waals surface area contributed by atoms with Crippen LogP contribution in [0.5, 0.6) is 0 Å². The summed E-state index contributed by atoms with van der Waals surface area (Å²) in [7, 11) is 1.91. The maximum absolute atomic E-state index is 13.2. The van der Waals surface area contributed by atoms with E-state index in [1.54, 1.807) is 23.5 Å². The summed E-state index contributed by atoms with van der Waals surface area (Å²) in [5.74, 6) is -0.314. The lowest BCUT2D eigenvalue weighted by Crippen LogP contribution is -2.38. The van der Waals surface area contributed by atoms with Crippen LogP contribution in [-0.4, -0.2) is 29.4 Å². The zero-order valence-corrected chi connectivity index (χ0v) is 17.0. The van der Waals surface area contributed by atoms with Gasteiger partial charge in [-0.2, -0.15) is 0 Å². The SMILES string of the molecule is Cc1nc(CN(C)CC(=O)NC(CC(C)(C)C)c2ccc(F)cc2)cs1. The van der Waals surface area contributed by atoms with Gasteiger partial charge in [0.1, 0.15) is 5.82 Å². The van der Waals surface area contributed by atoms with Crippen LogP contribution in [0.3, 0.4) is 0 Å². The second-order valence-corrected chi connectivity index (χ2v) is 9.03. The Hall–Kier alpha value is -1.79. The molecule has 0 bridgehead atoms. The van der Waals surface area contributed by atoms with E-state index in [9.17, 15) is 9.18 Å². The number of rotatable bonds is 7. The first-order valence-corrected chi connectivity index (χ1v) is 9.65. The second kappa shape index (κ2) is 8.73. The molecule has 0 spiro atoms. The van der Waals surface area contributed by atoms with Crippen molar-refractivity contribution in [2.45, 2.75) is 46.7 Å². The van der Waals surface area contributed by atoms with E-state index in [1.807, 2.05) is 24.3 Å². The zero-order valence-electron chi connectivity index (χ0n) is 16.2. The molecule has 0 aliphatic heterocycles. The highest BCUT2D eigenvalue weighted by atomic mass is 32.1. The summed E-state index contributed by atoms with van der Waals surface area (Å²) in [6.07, 6.45) is 0.777. The fourth-order valence-electron chi connectivity index (χ4n) is 2.86. The van der Waals surface area contributed by atoms with Gasteiger partial charge in [0.05, 0.1) is 23.3 Å². The third-order valence-corrected chi connectivity index (χ3v) is 4.76. The molecule has 142 valence electrons. The van der Waals surface area contributed by atoms with Gasteiger partial charge in [0.15, 0.2) is 0 Å². The molecule has 0 aliphatic carbocycles. The van der Waals surface area contributed by atoms with Crippen molar-refractivity contribution in [2.75, 3.05) is 13.6 Å². The molecule has 0 radical (unpaired) electrons. The Balaban J connectivity index is 1.99. The Morgan fingerprint density at radius 1 is 1.31 bits per heavy atom. The van der Waals surface area contributed by atoms with Gasteiger partial charge in [-0.05, 0) is 43.5 Å². The van der Waals surface area contributed by atoms with Crippen molar-refractivity contribution in [1.29, 1.82) is 0 Å². The van der Waals surface area contributed by atoms with E-state index < -0.39 is 0 Å². The number of benzene rings is 1. The van der Waals surface area contributed by atoms with Crippen LogP contribution >= 0.6 is 11.3 Å². The van der Waals surface area contributed by atoms with Gasteiger partial charge in [-0.15, -0.1) is 11.3 Å². The van der Waals surface area contributed by atoms with Crippen molar-refractivity contribution in [1.82, 2.24) is 15.2 Å². The standard InChI is InChI=1S/C20H28FN3OS/c1-14-22-17(13-26-14)11-24(5)12-19(25)23-18(10-20(2,3)4)15-6-8-16(21)9-7-15/h6-9,13,18H,10-12H2,1-5H3,(H,23,25). The molecule has 1 amide bonds. The van der Waals surface area contributed by atoms with Crippen molar-refractivity contribution in [3.8, 4) is 0 Å². The lowest BCUT2D eigenvalue weighted by atomic mass is 9.85. The average molecular weight is 378 g/mol. The van der Waals surface area contributed by atoms with E-state index in [0.29, 0.717) is 13.1 Å². The minimum absolute atomic E-state index is 0.0381. The number of nitrogens with zero attached hydrogens (tertiary/aromatic N) is 2. The average Bonchev–Trinajstić information content (AvgIpc) is 2.90. The Morgan fingerprint density at radius 3 is 2.50 bits per heavy atom. The van der Waals surface area contributed by atoms with Crippen LogP contribution < -0.4 is 5.32 Å². The molecule has 1 heterocycles. The minimum atomic E-state index is -0.270. The van der Waals surface area contributed by atoms with Gasteiger partial charge in [-0.3, -0.25) is 9.69 Å². The molecule has 1 aromatic carbocycles. The topological polar surface area (TPSA) is 45.2 Å². The third-order valence-electron chi connectivity index (χ3n) is 3.94. The quantitative estimate of drug-likeness (QED) is 0.782. The second-order valence-electron chi connectivity index (χ2n) is 7.97. The summed E-state index contributed by atoms with van der Waals surface area (Å²) >= 11 is 1.61. The van der Waals surface area contributed by atoms with Gasteiger partial charge in [-0.25, -0.2) is 9.37 Å². The molecule has 1 N–H and O–H groups in total. The number of hydrogen-bond acceptors (Lipinski definition) is 4. The van der Waals surface area contributed by atoms with E-state index in [0.717, 1.165) is 22.7 Å². The first-order chi connectivity index (χ1) is 12.1. The van der Waals surface area contributed by atoms with E-state index in [-0.39, 0.29) is 23.2 Å². The largest absolute Gasteiger partial charge is 0.348 e. The maximum atomic E-state index is 13.2. The lowest BCUT2D eigenvalue weighted by Gasteiger charge is -2.28.